The second-order valence-electron chi connectivity index (χ2n) is 3.50. The fourth-order valence-corrected chi connectivity index (χ4v) is 1.47. The van der Waals surface area contributed by atoms with Crippen molar-refractivity contribution < 1.29 is 0 Å². The first-order valence-electron chi connectivity index (χ1n) is 5.31. The van der Waals surface area contributed by atoms with Crippen molar-refractivity contribution in [2.24, 2.45) is 5.11 Å². The zero-order valence-electron chi connectivity index (χ0n) is 9.54. The summed E-state index contributed by atoms with van der Waals surface area (Å²) in [4.78, 5) is 10.7. The van der Waals surface area contributed by atoms with Crippen molar-refractivity contribution >= 4 is 16.7 Å². The molecule has 0 bridgehead atoms. The molecular formula is C12H10N6. The molecule has 0 fully saturated rings. The minimum Gasteiger partial charge on any atom is -0.383 e. The number of benzene rings is 1. The Morgan fingerprint density at radius 1 is 1.39 bits per heavy atom. The van der Waals surface area contributed by atoms with Gasteiger partial charge in [-0.1, -0.05) is 17.0 Å². The van der Waals surface area contributed by atoms with Gasteiger partial charge >= 0.3 is 0 Å². The molecule has 88 valence electrons. The van der Waals surface area contributed by atoms with Crippen molar-refractivity contribution in [3.05, 3.63) is 40.5 Å². The second-order valence-corrected chi connectivity index (χ2v) is 3.50. The predicted molar refractivity (Wildman–Crippen MR) is 69.5 cm³/mol. The van der Waals surface area contributed by atoms with E-state index in [1.165, 1.54) is 6.33 Å². The Hall–Kier alpha value is -2.77. The van der Waals surface area contributed by atoms with Gasteiger partial charge in [-0.05, 0) is 23.7 Å². The van der Waals surface area contributed by atoms with Crippen LogP contribution in [0.15, 0.2) is 29.6 Å². The van der Waals surface area contributed by atoms with Crippen molar-refractivity contribution in [2.75, 3.05) is 12.3 Å². The molecule has 2 N–H and O–H groups in total. The first-order valence-corrected chi connectivity index (χ1v) is 5.31. The van der Waals surface area contributed by atoms with Crippen LogP contribution < -0.4 is 5.73 Å². The average Bonchev–Trinajstić information content (AvgIpc) is 2.39. The minimum atomic E-state index is 0.377. The highest BCUT2D eigenvalue weighted by molar-refractivity contribution is 5.88. The highest BCUT2D eigenvalue weighted by Crippen LogP contribution is 2.17. The molecule has 0 amide bonds. The standard InChI is InChI=1S/C12H10N6/c13-12-10-7-9(3-1-2-6-17-18-14)4-5-11(10)15-8-16-12/h4-5,7-8H,2,6H2,(H2,13,15,16). The highest BCUT2D eigenvalue weighted by Gasteiger charge is 1.99. The Kier molecular flexibility index (Phi) is 3.59. The maximum absolute atomic E-state index is 8.11. The molecule has 0 unspecified atom stereocenters. The number of fused-ring (bicyclic) bond motifs is 1. The van der Waals surface area contributed by atoms with Crippen LogP contribution in [0.4, 0.5) is 5.82 Å². The molecule has 6 nitrogen and oxygen atoms in total. The SMILES string of the molecule is [N-]=[N+]=NCCC#Cc1ccc2ncnc(N)c2c1. The number of anilines is 1. The van der Waals surface area contributed by atoms with E-state index in [2.05, 4.69) is 31.8 Å². The Labute approximate surface area is 103 Å². The van der Waals surface area contributed by atoms with Crippen LogP contribution in [-0.2, 0) is 0 Å². The number of hydrogen-bond donors (Lipinski definition) is 1. The third kappa shape index (κ3) is 2.67. The molecule has 0 aliphatic heterocycles. The molecule has 1 aromatic heterocycles. The van der Waals surface area contributed by atoms with Gasteiger partial charge in [-0.2, -0.15) is 0 Å². The van der Waals surface area contributed by atoms with Crippen LogP contribution in [0, 0.1) is 11.8 Å². The number of aromatic nitrogens is 2. The van der Waals surface area contributed by atoms with Crippen molar-refractivity contribution in [1.29, 1.82) is 0 Å². The summed E-state index contributed by atoms with van der Waals surface area (Å²) >= 11 is 0. The number of rotatable bonds is 2. The Morgan fingerprint density at radius 3 is 3.11 bits per heavy atom. The molecule has 0 saturated carbocycles. The summed E-state index contributed by atoms with van der Waals surface area (Å²) in [6, 6.07) is 5.57. The number of nitrogen functional groups attached to an aromatic ring is 1. The van der Waals surface area contributed by atoms with Gasteiger partial charge < -0.3 is 5.73 Å². The van der Waals surface area contributed by atoms with Crippen LogP contribution in [0.5, 0.6) is 0 Å². The van der Waals surface area contributed by atoms with Crippen LogP contribution in [0.1, 0.15) is 12.0 Å². The summed E-state index contributed by atoms with van der Waals surface area (Å²) in [6.45, 7) is 0.377. The van der Waals surface area contributed by atoms with E-state index < -0.39 is 0 Å². The molecular weight excluding hydrogens is 228 g/mol. The third-order valence-electron chi connectivity index (χ3n) is 2.30. The van der Waals surface area contributed by atoms with Crippen molar-refractivity contribution in [1.82, 2.24) is 9.97 Å². The van der Waals surface area contributed by atoms with E-state index in [1.54, 1.807) is 0 Å². The summed E-state index contributed by atoms with van der Waals surface area (Å²) in [7, 11) is 0. The molecule has 0 spiro atoms. The molecule has 0 aliphatic carbocycles. The lowest BCUT2D eigenvalue weighted by atomic mass is 10.1. The zero-order valence-corrected chi connectivity index (χ0v) is 9.54. The first-order chi connectivity index (χ1) is 8.81. The number of nitrogens with two attached hydrogens (primary N) is 1. The molecule has 6 heteroatoms. The molecule has 0 aliphatic rings. The minimum absolute atomic E-state index is 0.377. The molecule has 1 aromatic carbocycles. The van der Waals surface area contributed by atoms with Gasteiger partial charge in [0.15, 0.2) is 0 Å². The van der Waals surface area contributed by atoms with E-state index in [4.69, 9.17) is 11.3 Å². The normalized spacial score (nSPS) is 9.33. The van der Waals surface area contributed by atoms with Gasteiger partial charge in [-0.15, -0.1) is 0 Å². The smallest absolute Gasteiger partial charge is 0.134 e. The Bertz CT molecular complexity index is 676. The summed E-state index contributed by atoms with van der Waals surface area (Å²) in [5, 5.41) is 4.20. The lowest BCUT2D eigenvalue weighted by Crippen LogP contribution is -1.93. The lowest BCUT2D eigenvalue weighted by Gasteiger charge is -1.99. The van der Waals surface area contributed by atoms with Crippen LogP contribution in [-0.4, -0.2) is 16.5 Å². The van der Waals surface area contributed by atoms with Crippen molar-refractivity contribution in [3.8, 4) is 11.8 Å². The topological polar surface area (TPSA) is 101 Å². The van der Waals surface area contributed by atoms with E-state index in [0.29, 0.717) is 18.8 Å². The van der Waals surface area contributed by atoms with Crippen molar-refractivity contribution in [2.45, 2.75) is 6.42 Å². The number of nitrogens with zero attached hydrogens (tertiary/aromatic N) is 5. The van der Waals surface area contributed by atoms with Crippen LogP contribution in [0.2, 0.25) is 0 Å². The van der Waals surface area contributed by atoms with Gasteiger partial charge in [-0.25, -0.2) is 9.97 Å². The van der Waals surface area contributed by atoms with Gasteiger partial charge in [0.1, 0.15) is 12.1 Å². The van der Waals surface area contributed by atoms with Crippen LogP contribution >= 0.6 is 0 Å². The fraction of sp³-hybridized carbons (Fsp3) is 0.167. The Balaban J connectivity index is 2.24. The summed E-state index contributed by atoms with van der Waals surface area (Å²) < 4.78 is 0. The van der Waals surface area contributed by atoms with Gasteiger partial charge in [0.2, 0.25) is 0 Å². The number of azide groups is 1. The van der Waals surface area contributed by atoms with E-state index in [1.807, 2.05) is 18.2 Å². The molecule has 0 saturated heterocycles. The molecule has 2 rings (SSSR count). The third-order valence-corrected chi connectivity index (χ3v) is 2.30. The monoisotopic (exact) mass is 238 g/mol. The Morgan fingerprint density at radius 2 is 2.28 bits per heavy atom. The van der Waals surface area contributed by atoms with E-state index in [-0.39, 0.29) is 0 Å². The molecule has 18 heavy (non-hydrogen) atoms. The largest absolute Gasteiger partial charge is 0.383 e. The van der Waals surface area contributed by atoms with E-state index >= 15 is 0 Å². The van der Waals surface area contributed by atoms with Crippen LogP contribution in [0.3, 0.4) is 0 Å². The summed E-state index contributed by atoms with van der Waals surface area (Å²) in [6.07, 6.45) is 1.96. The average molecular weight is 238 g/mol. The molecule has 0 atom stereocenters. The highest BCUT2D eigenvalue weighted by atomic mass is 15.1. The maximum atomic E-state index is 8.11. The van der Waals surface area contributed by atoms with Crippen LogP contribution in [0.25, 0.3) is 21.3 Å². The molecule has 2 aromatic rings. The first kappa shape index (κ1) is 11.7. The fourth-order valence-electron chi connectivity index (χ4n) is 1.47. The van der Waals surface area contributed by atoms with Gasteiger partial charge in [-0.3, -0.25) is 0 Å². The lowest BCUT2D eigenvalue weighted by molar-refractivity contribution is 1.01. The second kappa shape index (κ2) is 5.53. The maximum Gasteiger partial charge on any atom is 0.134 e. The van der Waals surface area contributed by atoms with Gasteiger partial charge in [0, 0.05) is 28.8 Å². The molecule has 1 heterocycles. The zero-order chi connectivity index (χ0) is 12.8. The predicted octanol–water partition coefficient (Wildman–Crippen LogP) is 2.26. The van der Waals surface area contributed by atoms with E-state index in [9.17, 15) is 0 Å². The van der Waals surface area contributed by atoms with Gasteiger partial charge in [0.05, 0.1) is 5.52 Å². The van der Waals surface area contributed by atoms with Gasteiger partial charge in [0.25, 0.3) is 0 Å². The molecule has 0 radical (unpaired) electrons. The van der Waals surface area contributed by atoms with E-state index in [0.717, 1.165) is 16.5 Å². The summed E-state index contributed by atoms with van der Waals surface area (Å²) in [5.41, 5.74) is 15.5. The quantitative estimate of drug-likeness (QED) is 0.285. The summed E-state index contributed by atoms with van der Waals surface area (Å²) in [5.74, 6) is 6.34. The number of hydrogen-bond acceptors (Lipinski definition) is 4. The van der Waals surface area contributed by atoms with Crippen molar-refractivity contribution in [3.63, 3.8) is 0 Å².